The third-order valence-electron chi connectivity index (χ3n) is 8.83. The molecule has 2 atom stereocenters. The van der Waals surface area contributed by atoms with Gasteiger partial charge in [0.25, 0.3) is 0 Å². The van der Waals surface area contributed by atoms with E-state index in [1.165, 1.54) is 0 Å². The smallest absolute Gasteiger partial charge is 0.323 e. The van der Waals surface area contributed by atoms with Gasteiger partial charge in [0.1, 0.15) is 23.3 Å². The number of aryl methyl sites for hydroxylation is 1. The van der Waals surface area contributed by atoms with E-state index in [1.807, 2.05) is 55.7 Å². The molecule has 4 N–H and O–H groups in total. The molecule has 6 rings (SSSR count). The van der Waals surface area contributed by atoms with Gasteiger partial charge >= 0.3 is 6.03 Å². The first-order valence-corrected chi connectivity index (χ1v) is 16.0. The Hall–Kier alpha value is -5.02. The van der Waals surface area contributed by atoms with Crippen LogP contribution in [-0.4, -0.2) is 60.1 Å². The lowest BCUT2D eigenvalue weighted by atomic mass is 9.90. The van der Waals surface area contributed by atoms with Crippen molar-refractivity contribution < 1.29 is 9.90 Å². The van der Waals surface area contributed by atoms with Gasteiger partial charge in [-0.25, -0.2) is 14.8 Å². The number of hydrogen-bond donors (Lipinski definition) is 4. The number of hydrogen-bond acceptors (Lipinski definition) is 9. The van der Waals surface area contributed by atoms with E-state index >= 15 is 0 Å². The van der Waals surface area contributed by atoms with Crippen molar-refractivity contribution in [1.82, 2.24) is 30.0 Å². The predicted octanol–water partition coefficient (Wildman–Crippen LogP) is 5.00. The Kier molecular flexibility index (Phi) is 9.69. The van der Waals surface area contributed by atoms with E-state index in [-0.39, 0.29) is 30.3 Å². The molecule has 0 aliphatic heterocycles. The Bertz CT molecular complexity index is 1640. The van der Waals surface area contributed by atoms with Crippen molar-refractivity contribution in [2.45, 2.75) is 82.1 Å². The Morgan fingerprint density at radius 2 is 1.80 bits per heavy atom. The zero-order chi connectivity index (χ0) is 31.9. The molecule has 2 amide bonds. The van der Waals surface area contributed by atoms with Crippen molar-refractivity contribution in [1.29, 1.82) is 5.26 Å². The van der Waals surface area contributed by atoms with Crippen molar-refractivity contribution >= 4 is 23.6 Å². The number of carbonyl (C=O) groups excluding carboxylic acids is 1. The van der Waals surface area contributed by atoms with Crippen LogP contribution in [0, 0.1) is 11.3 Å². The molecule has 1 aromatic carbocycles. The summed E-state index contributed by atoms with van der Waals surface area (Å²) in [7, 11) is 1.88. The highest BCUT2D eigenvalue weighted by atomic mass is 16.3. The summed E-state index contributed by atoms with van der Waals surface area (Å²) in [5.74, 6) is 1.56. The number of aliphatic hydroxyl groups is 1. The summed E-state index contributed by atoms with van der Waals surface area (Å²) in [5, 5.41) is 33.9. The van der Waals surface area contributed by atoms with Crippen LogP contribution in [0.4, 0.5) is 22.4 Å². The summed E-state index contributed by atoms with van der Waals surface area (Å²) in [6.07, 6.45) is 13.2. The molecule has 2 aliphatic carbocycles. The number of aromatic nitrogens is 5. The Morgan fingerprint density at radius 1 is 0.978 bits per heavy atom. The van der Waals surface area contributed by atoms with Gasteiger partial charge in [-0.15, -0.1) is 0 Å². The number of aliphatic hydroxyl groups excluding tert-OH is 1. The second kappa shape index (κ2) is 14.4. The highest BCUT2D eigenvalue weighted by molar-refractivity contribution is 5.91. The molecule has 4 aromatic rings. The van der Waals surface area contributed by atoms with E-state index in [2.05, 4.69) is 37.1 Å². The fourth-order valence-corrected chi connectivity index (χ4v) is 6.38. The number of amides is 2. The van der Waals surface area contributed by atoms with Crippen molar-refractivity contribution in [3.05, 3.63) is 78.4 Å². The van der Waals surface area contributed by atoms with Crippen LogP contribution in [0.15, 0.2) is 67.3 Å². The van der Waals surface area contributed by atoms with Gasteiger partial charge in [-0.3, -0.25) is 9.58 Å². The second-order valence-electron chi connectivity index (χ2n) is 12.2. The number of nitrogens with zero attached hydrogens (tertiary/aromatic N) is 7. The standard InChI is InChI=1S/C34H40N10O2/c1-43-22-26(21-39-43)24-10-15-31(36-19-24)44(34(46)38-18-23-6-3-2-4-7-23)29-13-11-27(12-14-29)41-33-37-20-25(17-35)32(42-33)40-28-8-5-9-30(45)16-28/h2-4,6-7,10,15,19-22,27-30,45H,5,8-9,11-14,16,18H2,1H3,(H,38,46)(H2,37,40,41,42)/t27-,28?,29-,30?. The van der Waals surface area contributed by atoms with E-state index in [9.17, 15) is 15.2 Å². The maximum Gasteiger partial charge on any atom is 0.323 e. The van der Waals surface area contributed by atoms with Crippen molar-refractivity contribution in [3.8, 4) is 17.2 Å². The average molecular weight is 621 g/mol. The average Bonchev–Trinajstić information content (AvgIpc) is 3.52. The van der Waals surface area contributed by atoms with Crippen LogP contribution in [0.2, 0.25) is 0 Å². The van der Waals surface area contributed by atoms with Crippen molar-refractivity contribution in [2.75, 3.05) is 15.5 Å². The number of nitrogens with one attached hydrogen (secondary N) is 3. The molecular formula is C34H40N10O2. The maximum atomic E-state index is 13.7. The lowest BCUT2D eigenvalue weighted by molar-refractivity contribution is 0.124. The lowest BCUT2D eigenvalue weighted by Crippen LogP contribution is -2.49. The Morgan fingerprint density at radius 3 is 2.50 bits per heavy atom. The van der Waals surface area contributed by atoms with Gasteiger partial charge in [0, 0.05) is 55.2 Å². The van der Waals surface area contributed by atoms with Gasteiger partial charge in [0.05, 0.1) is 18.5 Å². The monoisotopic (exact) mass is 620 g/mol. The molecule has 2 aliphatic rings. The lowest BCUT2D eigenvalue weighted by Gasteiger charge is -2.36. The van der Waals surface area contributed by atoms with Gasteiger partial charge in [-0.05, 0) is 69.1 Å². The van der Waals surface area contributed by atoms with Gasteiger partial charge < -0.3 is 21.1 Å². The van der Waals surface area contributed by atoms with Crippen LogP contribution in [0.1, 0.15) is 62.5 Å². The highest BCUT2D eigenvalue weighted by Gasteiger charge is 2.31. The first-order chi connectivity index (χ1) is 22.4. The summed E-state index contributed by atoms with van der Waals surface area (Å²) in [5.41, 5.74) is 3.31. The van der Waals surface area contributed by atoms with E-state index < -0.39 is 0 Å². The van der Waals surface area contributed by atoms with E-state index in [1.54, 1.807) is 28.2 Å². The van der Waals surface area contributed by atoms with Crippen LogP contribution >= 0.6 is 0 Å². The summed E-state index contributed by atoms with van der Waals surface area (Å²) in [6, 6.07) is 15.9. The minimum Gasteiger partial charge on any atom is -0.393 e. The van der Waals surface area contributed by atoms with E-state index in [4.69, 9.17) is 4.98 Å². The molecular weight excluding hydrogens is 580 g/mol. The normalized spacial score (nSPS) is 21.2. The first kappa shape index (κ1) is 31.0. The summed E-state index contributed by atoms with van der Waals surface area (Å²) >= 11 is 0. The molecule has 0 saturated heterocycles. The number of nitriles is 1. The molecule has 2 fully saturated rings. The van der Waals surface area contributed by atoms with E-state index in [0.717, 1.165) is 61.6 Å². The zero-order valence-corrected chi connectivity index (χ0v) is 26.0. The molecule has 12 nitrogen and oxygen atoms in total. The van der Waals surface area contributed by atoms with Gasteiger partial charge in [-0.2, -0.15) is 15.3 Å². The van der Waals surface area contributed by atoms with Gasteiger partial charge in [0.2, 0.25) is 5.95 Å². The fourth-order valence-electron chi connectivity index (χ4n) is 6.38. The first-order valence-electron chi connectivity index (χ1n) is 16.0. The number of pyridine rings is 1. The number of carbonyl (C=O) groups is 1. The van der Waals surface area contributed by atoms with Crippen LogP contribution < -0.4 is 20.9 Å². The second-order valence-corrected chi connectivity index (χ2v) is 12.2. The molecule has 46 heavy (non-hydrogen) atoms. The summed E-state index contributed by atoms with van der Waals surface area (Å²) in [4.78, 5) is 29.3. The van der Waals surface area contributed by atoms with E-state index in [0.29, 0.717) is 36.1 Å². The third-order valence-corrected chi connectivity index (χ3v) is 8.83. The molecule has 0 radical (unpaired) electrons. The molecule has 2 saturated carbocycles. The molecule has 0 spiro atoms. The fraction of sp³-hybridized carbons (Fsp3) is 0.412. The van der Waals surface area contributed by atoms with Crippen LogP contribution in [0.3, 0.4) is 0 Å². The minimum absolute atomic E-state index is 0.0394. The quantitative estimate of drug-likeness (QED) is 0.202. The predicted molar refractivity (Wildman–Crippen MR) is 176 cm³/mol. The SMILES string of the molecule is Cn1cc(-c2ccc(N(C(=O)NCc3ccccc3)[C@H]3CC[C@H](Nc4ncc(C#N)c(NC5CCCC(O)C5)n4)CC3)nc2)cn1. The van der Waals surface area contributed by atoms with Crippen LogP contribution in [0.25, 0.3) is 11.1 Å². The molecule has 0 bridgehead atoms. The molecule has 2 unspecified atom stereocenters. The van der Waals surface area contributed by atoms with Crippen LogP contribution in [0.5, 0.6) is 0 Å². The largest absolute Gasteiger partial charge is 0.393 e. The molecule has 3 aromatic heterocycles. The summed E-state index contributed by atoms with van der Waals surface area (Å²) < 4.78 is 1.75. The number of urea groups is 1. The summed E-state index contributed by atoms with van der Waals surface area (Å²) in [6.45, 7) is 0.424. The minimum atomic E-state index is -0.333. The van der Waals surface area contributed by atoms with Crippen molar-refractivity contribution in [3.63, 3.8) is 0 Å². The number of benzene rings is 1. The topological polar surface area (TPSA) is 157 Å². The Balaban J connectivity index is 1.13. The molecule has 12 heteroatoms. The van der Waals surface area contributed by atoms with Crippen molar-refractivity contribution in [2.24, 2.45) is 7.05 Å². The Labute approximate surface area is 268 Å². The zero-order valence-electron chi connectivity index (χ0n) is 26.0. The maximum absolute atomic E-state index is 13.7. The van der Waals surface area contributed by atoms with Gasteiger partial charge in [0.15, 0.2) is 0 Å². The number of rotatable bonds is 9. The molecule has 238 valence electrons. The third kappa shape index (κ3) is 7.61. The highest BCUT2D eigenvalue weighted by Crippen LogP contribution is 2.30. The van der Waals surface area contributed by atoms with Gasteiger partial charge in [-0.1, -0.05) is 30.3 Å². The number of anilines is 3. The van der Waals surface area contributed by atoms with Crippen LogP contribution in [-0.2, 0) is 13.6 Å². The molecule has 3 heterocycles.